The van der Waals surface area contributed by atoms with Crippen LogP contribution in [0.15, 0.2) is 18.2 Å². The minimum absolute atomic E-state index is 0.0201. The Hall–Kier alpha value is -1.95. The van der Waals surface area contributed by atoms with Crippen molar-refractivity contribution in [1.82, 2.24) is 5.32 Å². The highest BCUT2D eigenvalue weighted by Gasteiger charge is 2.21. The van der Waals surface area contributed by atoms with Crippen LogP contribution < -0.4 is 10.6 Å². The van der Waals surface area contributed by atoms with Crippen molar-refractivity contribution < 1.29 is 9.72 Å². The van der Waals surface area contributed by atoms with Gasteiger partial charge in [0.1, 0.15) is 0 Å². The molecule has 1 saturated carbocycles. The Bertz CT molecular complexity index is 560. The van der Waals surface area contributed by atoms with Crippen LogP contribution in [0.3, 0.4) is 0 Å². The van der Waals surface area contributed by atoms with Crippen molar-refractivity contribution in [3.63, 3.8) is 0 Å². The summed E-state index contributed by atoms with van der Waals surface area (Å²) in [6.07, 6.45) is 4.76. The van der Waals surface area contributed by atoms with Crippen molar-refractivity contribution >= 4 is 17.3 Å². The number of nitrogens with one attached hydrogen (secondary N) is 2. The number of carbonyl (C=O) groups is 1. The first-order valence-electron chi connectivity index (χ1n) is 7.75. The molecule has 2 rings (SSSR count). The summed E-state index contributed by atoms with van der Waals surface area (Å²) < 4.78 is 0. The van der Waals surface area contributed by atoms with Gasteiger partial charge in [0, 0.05) is 23.4 Å². The molecule has 22 heavy (non-hydrogen) atoms. The fraction of sp³-hybridized carbons (Fsp3) is 0.562. The van der Waals surface area contributed by atoms with E-state index in [1.165, 1.54) is 25.3 Å². The standard InChI is InChI=1S/C16H23N3O3/c1-11-5-3-4-6-14(11)17-10-16(20)18-13-8-7-12(2)15(9-13)19(21)22/h7-9,11,14,17H,3-6,10H2,1-2H3,(H,18,20)/t11-,14+/m1/s1. The van der Waals surface area contributed by atoms with E-state index in [0.29, 0.717) is 23.2 Å². The zero-order chi connectivity index (χ0) is 16.1. The largest absolute Gasteiger partial charge is 0.325 e. The van der Waals surface area contributed by atoms with Gasteiger partial charge in [-0.25, -0.2) is 0 Å². The van der Waals surface area contributed by atoms with Gasteiger partial charge in [-0.05, 0) is 31.7 Å². The number of nitro groups is 1. The van der Waals surface area contributed by atoms with E-state index in [1.54, 1.807) is 19.1 Å². The van der Waals surface area contributed by atoms with Crippen LogP contribution in [0.2, 0.25) is 0 Å². The highest BCUT2D eigenvalue weighted by molar-refractivity contribution is 5.92. The molecule has 6 heteroatoms. The average Bonchev–Trinajstić information content (AvgIpc) is 2.48. The summed E-state index contributed by atoms with van der Waals surface area (Å²) in [5.74, 6) is 0.415. The van der Waals surface area contributed by atoms with Crippen LogP contribution in [-0.2, 0) is 4.79 Å². The molecule has 1 aromatic carbocycles. The lowest BCUT2D eigenvalue weighted by molar-refractivity contribution is -0.385. The Morgan fingerprint density at radius 3 is 2.77 bits per heavy atom. The third-order valence-corrected chi connectivity index (χ3v) is 4.33. The molecule has 0 aromatic heterocycles. The zero-order valence-corrected chi connectivity index (χ0v) is 13.1. The van der Waals surface area contributed by atoms with E-state index >= 15 is 0 Å². The number of anilines is 1. The Morgan fingerprint density at radius 1 is 1.36 bits per heavy atom. The van der Waals surface area contributed by atoms with Crippen LogP contribution in [0, 0.1) is 23.0 Å². The van der Waals surface area contributed by atoms with E-state index < -0.39 is 4.92 Å². The van der Waals surface area contributed by atoms with Crippen molar-refractivity contribution in [1.29, 1.82) is 0 Å². The van der Waals surface area contributed by atoms with Crippen LogP contribution in [0.1, 0.15) is 38.2 Å². The predicted molar refractivity (Wildman–Crippen MR) is 85.9 cm³/mol. The molecule has 1 aliphatic rings. The van der Waals surface area contributed by atoms with Crippen LogP contribution >= 0.6 is 0 Å². The van der Waals surface area contributed by atoms with Crippen molar-refractivity contribution in [2.24, 2.45) is 5.92 Å². The number of benzene rings is 1. The van der Waals surface area contributed by atoms with Crippen LogP contribution in [-0.4, -0.2) is 23.4 Å². The maximum atomic E-state index is 12.0. The first-order chi connectivity index (χ1) is 10.5. The van der Waals surface area contributed by atoms with Crippen molar-refractivity contribution in [3.8, 4) is 0 Å². The van der Waals surface area contributed by atoms with Gasteiger partial charge in [0.05, 0.1) is 11.5 Å². The van der Waals surface area contributed by atoms with Gasteiger partial charge in [-0.15, -0.1) is 0 Å². The zero-order valence-electron chi connectivity index (χ0n) is 13.1. The second-order valence-electron chi connectivity index (χ2n) is 6.06. The SMILES string of the molecule is Cc1ccc(NC(=O)CN[C@H]2CCCC[C@H]2C)cc1[N+](=O)[O-]. The van der Waals surface area contributed by atoms with Gasteiger partial charge in [-0.2, -0.15) is 0 Å². The maximum Gasteiger partial charge on any atom is 0.274 e. The van der Waals surface area contributed by atoms with Crippen molar-refractivity contribution in [3.05, 3.63) is 33.9 Å². The predicted octanol–water partition coefficient (Wildman–Crippen LogP) is 3.01. The molecular formula is C16H23N3O3. The quantitative estimate of drug-likeness (QED) is 0.647. The smallest absolute Gasteiger partial charge is 0.274 e. The van der Waals surface area contributed by atoms with Gasteiger partial charge < -0.3 is 10.6 Å². The van der Waals surface area contributed by atoms with Crippen LogP contribution in [0.5, 0.6) is 0 Å². The molecule has 0 bridgehead atoms. The normalized spacial score (nSPS) is 21.4. The highest BCUT2D eigenvalue weighted by atomic mass is 16.6. The summed E-state index contributed by atoms with van der Waals surface area (Å²) >= 11 is 0. The van der Waals surface area contributed by atoms with Crippen molar-refractivity contribution in [2.45, 2.75) is 45.6 Å². The second-order valence-corrected chi connectivity index (χ2v) is 6.06. The minimum Gasteiger partial charge on any atom is -0.325 e. The molecule has 0 heterocycles. The lowest BCUT2D eigenvalue weighted by Gasteiger charge is -2.29. The molecule has 2 atom stereocenters. The highest BCUT2D eigenvalue weighted by Crippen LogP contribution is 2.24. The molecule has 1 fully saturated rings. The average molecular weight is 305 g/mol. The monoisotopic (exact) mass is 305 g/mol. The first kappa shape index (κ1) is 16.4. The van der Waals surface area contributed by atoms with Gasteiger partial charge >= 0.3 is 0 Å². The van der Waals surface area contributed by atoms with Gasteiger partial charge in [0.25, 0.3) is 5.69 Å². The number of nitrogens with zero attached hydrogens (tertiary/aromatic N) is 1. The van der Waals surface area contributed by atoms with E-state index in [2.05, 4.69) is 17.6 Å². The van der Waals surface area contributed by atoms with Gasteiger partial charge in [-0.1, -0.05) is 25.8 Å². The fourth-order valence-electron chi connectivity index (χ4n) is 2.93. The van der Waals surface area contributed by atoms with E-state index in [9.17, 15) is 14.9 Å². The first-order valence-corrected chi connectivity index (χ1v) is 7.75. The van der Waals surface area contributed by atoms with E-state index in [0.717, 1.165) is 6.42 Å². The molecule has 120 valence electrons. The molecule has 0 aliphatic heterocycles. The van der Waals surface area contributed by atoms with E-state index in [-0.39, 0.29) is 18.1 Å². The molecular weight excluding hydrogens is 282 g/mol. The lowest BCUT2D eigenvalue weighted by atomic mass is 9.86. The Kier molecular flexibility index (Phi) is 5.49. The molecule has 0 radical (unpaired) electrons. The topological polar surface area (TPSA) is 84.3 Å². The summed E-state index contributed by atoms with van der Waals surface area (Å²) in [6.45, 7) is 4.12. The van der Waals surface area contributed by atoms with Gasteiger partial charge in [0.15, 0.2) is 0 Å². The van der Waals surface area contributed by atoms with Gasteiger partial charge in [0.2, 0.25) is 5.91 Å². The third kappa shape index (κ3) is 4.27. The third-order valence-electron chi connectivity index (χ3n) is 4.33. The summed E-state index contributed by atoms with van der Waals surface area (Å²) in [4.78, 5) is 22.5. The molecule has 0 saturated heterocycles. The number of rotatable bonds is 5. The Balaban J connectivity index is 1.89. The Morgan fingerprint density at radius 2 is 2.09 bits per heavy atom. The fourth-order valence-corrected chi connectivity index (χ4v) is 2.93. The summed E-state index contributed by atoms with van der Waals surface area (Å²) in [5, 5.41) is 16.9. The van der Waals surface area contributed by atoms with Crippen LogP contribution in [0.4, 0.5) is 11.4 Å². The lowest BCUT2D eigenvalue weighted by Crippen LogP contribution is -2.41. The number of hydrogen-bond acceptors (Lipinski definition) is 4. The number of aryl methyl sites for hydroxylation is 1. The summed E-state index contributed by atoms with van der Waals surface area (Å²) in [6, 6.07) is 5.11. The molecule has 1 aromatic rings. The number of hydrogen-bond donors (Lipinski definition) is 2. The minimum atomic E-state index is -0.438. The van der Waals surface area contributed by atoms with Crippen LogP contribution in [0.25, 0.3) is 0 Å². The molecule has 0 spiro atoms. The molecule has 2 N–H and O–H groups in total. The summed E-state index contributed by atoms with van der Waals surface area (Å²) in [5.41, 5.74) is 1.06. The van der Waals surface area contributed by atoms with Crippen molar-refractivity contribution in [2.75, 3.05) is 11.9 Å². The number of nitro benzene ring substituents is 1. The number of carbonyl (C=O) groups excluding carboxylic acids is 1. The Labute approximate surface area is 130 Å². The maximum absolute atomic E-state index is 12.0. The van der Waals surface area contributed by atoms with E-state index in [4.69, 9.17) is 0 Å². The molecule has 0 unspecified atom stereocenters. The summed E-state index contributed by atoms with van der Waals surface area (Å²) in [7, 11) is 0. The second kappa shape index (κ2) is 7.35. The molecule has 1 amide bonds. The molecule has 6 nitrogen and oxygen atoms in total. The molecule has 1 aliphatic carbocycles. The number of amides is 1. The van der Waals surface area contributed by atoms with E-state index in [1.807, 2.05) is 0 Å². The van der Waals surface area contributed by atoms with Gasteiger partial charge in [-0.3, -0.25) is 14.9 Å².